The predicted octanol–water partition coefficient (Wildman–Crippen LogP) is 2.32. The summed E-state index contributed by atoms with van der Waals surface area (Å²) in [7, 11) is -3.81. The average Bonchev–Trinajstić information content (AvgIpc) is 3.44. The van der Waals surface area contributed by atoms with E-state index in [4.69, 9.17) is 9.15 Å². The Morgan fingerprint density at radius 2 is 1.94 bits per heavy atom. The number of nitro benzene ring substituents is 1. The molecule has 2 aromatic carbocycles. The van der Waals surface area contributed by atoms with Gasteiger partial charge in [-0.25, -0.2) is 13.2 Å². The van der Waals surface area contributed by atoms with Gasteiger partial charge >= 0.3 is 5.76 Å². The van der Waals surface area contributed by atoms with Crippen LogP contribution in [0.3, 0.4) is 0 Å². The first kappa shape index (κ1) is 23.4. The van der Waals surface area contributed by atoms with Crippen LogP contribution >= 0.6 is 0 Å². The van der Waals surface area contributed by atoms with Crippen molar-refractivity contribution in [1.82, 2.24) is 8.87 Å². The van der Waals surface area contributed by atoms with E-state index in [1.165, 1.54) is 34.6 Å². The number of hydrogen-bond donors (Lipinski definition) is 1. The van der Waals surface area contributed by atoms with E-state index in [1.807, 2.05) is 0 Å². The Morgan fingerprint density at radius 1 is 1.21 bits per heavy atom. The number of benzene rings is 2. The van der Waals surface area contributed by atoms with Gasteiger partial charge in [-0.2, -0.15) is 4.31 Å². The summed E-state index contributed by atoms with van der Waals surface area (Å²) in [5.41, 5.74) is 0.156. The van der Waals surface area contributed by atoms with Gasteiger partial charge in [-0.15, -0.1) is 0 Å². The summed E-state index contributed by atoms with van der Waals surface area (Å²) >= 11 is 0. The summed E-state index contributed by atoms with van der Waals surface area (Å²) in [5, 5.41) is 13.5. The molecule has 1 aromatic heterocycles. The number of nitrogens with zero attached hydrogens (tertiary/aromatic N) is 3. The molecule has 0 saturated carbocycles. The van der Waals surface area contributed by atoms with Gasteiger partial charge in [-0.05, 0) is 44.0 Å². The molecule has 0 aliphatic carbocycles. The lowest BCUT2D eigenvalue weighted by Gasteiger charge is -2.19. The van der Waals surface area contributed by atoms with Crippen molar-refractivity contribution in [2.45, 2.75) is 31.2 Å². The summed E-state index contributed by atoms with van der Waals surface area (Å²) in [6, 6.07) is 7.94. The van der Waals surface area contributed by atoms with Crippen molar-refractivity contribution < 1.29 is 27.3 Å². The fourth-order valence-corrected chi connectivity index (χ4v) is 5.47. The molecule has 1 aliphatic rings. The summed E-state index contributed by atoms with van der Waals surface area (Å²) < 4.78 is 39.2. The van der Waals surface area contributed by atoms with E-state index in [1.54, 1.807) is 6.92 Å². The van der Waals surface area contributed by atoms with Gasteiger partial charge in [-0.3, -0.25) is 19.5 Å². The van der Waals surface area contributed by atoms with Crippen LogP contribution in [-0.4, -0.2) is 47.8 Å². The average molecular weight is 490 g/mol. The Balaban J connectivity index is 1.59. The predicted molar refractivity (Wildman–Crippen MR) is 121 cm³/mol. The number of hydrogen-bond acceptors (Lipinski definition) is 8. The molecule has 1 aliphatic heterocycles. The number of carbonyl (C=O) groups excluding carboxylic acids is 1. The number of non-ortho nitro benzene ring substituents is 1. The summed E-state index contributed by atoms with van der Waals surface area (Å²) in [5.74, 6) is -1.28. The molecule has 0 bridgehead atoms. The molecule has 0 atom stereocenters. The SMILES string of the molecule is CCOc1ccc(NC(=O)Cn2c(=O)oc3cc([N+](=O)[O-])ccc32)cc1S(=O)(=O)N1CCCC1. The smallest absolute Gasteiger partial charge is 0.420 e. The molecule has 180 valence electrons. The van der Waals surface area contributed by atoms with Crippen LogP contribution in [0.15, 0.2) is 50.5 Å². The van der Waals surface area contributed by atoms with E-state index in [0.717, 1.165) is 23.5 Å². The van der Waals surface area contributed by atoms with Crippen LogP contribution in [0.25, 0.3) is 11.1 Å². The van der Waals surface area contributed by atoms with E-state index in [0.29, 0.717) is 13.1 Å². The fraction of sp³-hybridized carbons (Fsp3) is 0.333. The third-order valence-corrected chi connectivity index (χ3v) is 7.29. The summed E-state index contributed by atoms with van der Waals surface area (Å²) in [4.78, 5) is 35.1. The van der Waals surface area contributed by atoms with Crippen molar-refractivity contribution in [3.8, 4) is 5.75 Å². The molecule has 0 spiro atoms. The lowest BCUT2D eigenvalue weighted by molar-refractivity contribution is -0.384. The molecule has 1 fully saturated rings. The van der Waals surface area contributed by atoms with Crippen molar-refractivity contribution in [2.75, 3.05) is 25.0 Å². The lowest BCUT2D eigenvalue weighted by Crippen LogP contribution is -2.28. The van der Waals surface area contributed by atoms with E-state index in [2.05, 4.69) is 5.32 Å². The second-order valence-electron chi connectivity index (χ2n) is 7.62. The van der Waals surface area contributed by atoms with Gasteiger partial charge in [0.2, 0.25) is 15.9 Å². The molecule has 2 heterocycles. The molecule has 1 amide bonds. The van der Waals surface area contributed by atoms with Gasteiger partial charge < -0.3 is 14.5 Å². The number of anilines is 1. The molecule has 3 aromatic rings. The minimum atomic E-state index is -3.81. The zero-order valence-corrected chi connectivity index (χ0v) is 19.0. The Labute approximate surface area is 193 Å². The minimum absolute atomic E-state index is 0.0212. The normalized spacial score (nSPS) is 14.4. The Kier molecular flexibility index (Phi) is 6.39. The van der Waals surface area contributed by atoms with Gasteiger partial charge in [0, 0.05) is 24.8 Å². The third kappa shape index (κ3) is 4.52. The minimum Gasteiger partial charge on any atom is -0.492 e. The highest BCUT2D eigenvalue weighted by molar-refractivity contribution is 7.89. The summed E-state index contributed by atoms with van der Waals surface area (Å²) in [6.07, 6.45) is 1.55. The number of amides is 1. The second-order valence-corrected chi connectivity index (χ2v) is 9.52. The van der Waals surface area contributed by atoms with E-state index in [-0.39, 0.29) is 39.7 Å². The van der Waals surface area contributed by atoms with E-state index in [9.17, 15) is 28.1 Å². The standard InChI is InChI=1S/C21H22N4O8S/c1-2-32-17-8-5-14(11-19(17)34(30,31)23-9-3-4-10-23)22-20(26)13-24-16-7-6-15(25(28)29)12-18(16)33-21(24)27/h5-8,11-12H,2-4,9-10,13H2,1H3,(H,22,26). The van der Waals surface area contributed by atoms with Crippen molar-refractivity contribution in [1.29, 1.82) is 0 Å². The van der Waals surface area contributed by atoms with Crippen LogP contribution < -0.4 is 15.8 Å². The van der Waals surface area contributed by atoms with Crippen LogP contribution in [0, 0.1) is 10.1 Å². The number of ether oxygens (including phenoxy) is 1. The number of nitro groups is 1. The van der Waals surface area contributed by atoms with Gasteiger partial charge in [0.05, 0.1) is 23.1 Å². The monoisotopic (exact) mass is 490 g/mol. The molecular weight excluding hydrogens is 468 g/mol. The lowest BCUT2D eigenvalue weighted by atomic mass is 10.3. The highest BCUT2D eigenvalue weighted by atomic mass is 32.2. The summed E-state index contributed by atoms with van der Waals surface area (Å²) in [6.45, 7) is 2.40. The maximum Gasteiger partial charge on any atom is 0.420 e. The second kappa shape index (κ2) is 9.27. The quantitative estimate of drug-likeness (QED) is 0.373. The van der Waals surface area contributed by atoms with Crippen molar-refractivity contribution in [3.63, 3.8) is 0 Å². The molecule has 0 unspecified atom stereocenters. The zero-order chi connectivity index (χ0) is 24.5. The molecule has 4 rings (SSSR count). The van der Waals surface area contributed by atoms with Crippen molar-refractivity contribution in [2.24, 2.45) is 0 Å². The third-order valence-electron chi connectivity index (χ3n) is 5.37. The first-order chi connectivity index (χ1) is 16.2. The number of aromatic nitrogens is 1. The molecule has 12 nitrogen and oxygen atoms in total. The first-order valence-electron chi connectivity index (χ1n) is 10.6. The van der Waals surface area contributed by atoms with Crippen LogP contribution in [0.1, 0.15) is 19.8 Å². The first-order valence-corrected chi connectivity index (χ1v) is 12.0. The van der Waals surface area contributed by atoms with Gasteiger partial charge in [0.15, 0.2) is 5.58 Å². The van der Waals surface area contributed by atoms with Gasteiger partial charge in [0.1, 0.15) is 17.2 Å². The molecule has 1 saturated heterocycles. The number of oxazole rings is 1. The Morgan fingerprint density at radius 3 is 2.62 bits per heavy atom. The van der Waals surface area contributed by atoms with Crippen molar-refractivity contribution >= 4 is 38.4 Å². The maximum absolute atomic E-state index is 13.1. The van der Waals surface area contributed by atoms with Crippen LogP contribution in [0.5, 0.6) is 5.75 Å². The number of sulfonamides is 1. The Hall–Kier alpha value is -3.71. The molecule has 0 radical (unpaired) electrons. The molecule has 13 heteroatoms. The van der Waals surface area contributed by atoms with Crippen molar-refractivity contribution in [3.05, 3.63) is 57.1 Å². The number of rotatable bonds is 8. The van der Waals surface area contributed by atoms with Crippen LogP contribution in [-0.2, 0) is 21.4 Å². The van der Waals surface area contributed by atoms with E-state index < -0.39 is 33.2 Å². The largest absolute Gasteiger partial charge is 0.492 e. The topological polar surface area (TPSA) is 154 Å². The zero-order valence-electron chi connectivity index (χ0n) is 18.2. The van der Waals surface area contributed by atoms with E-state index >= 15 is 0 Å². The molecule has 1 N–H and O–H groups in total. The maximum atomic E-state index is 13.1. The fourth-order valence-electron chi connectivity index (χ4n) is 3.79. The molecular formula is C21H22N4O8S. The van der Waals surface area contributed by atoms with Gasteiger partial charge in [0.25, 0.3) is 5.69 Å². The number of carbonyl (C=O) groups is 1. The number of fused-ring (bicyclic) bond motifs is 1. The van der Waals surface area contributed by atoms with Crippen LogP contribution in [0.4, 0.5) is 11.4 Å². The number of nitrogens with one attached hydrogen (secondary N) is 1. The Bertz CT molecular complexity index is 1420. The highest BCUT2D eigenvalue weighted by Crippen LogP contribution is 2.31. The highest BCUT2D eigenvalue weighted by Gasteiger charge is 2.30. The van der Waals surface area contributed by atoms with Gasteiger partial charge in [-0.1, -0.05) is 0 Å². The molecule has 34 heavy (non-hydrogen) atoms. The van der Waals surface area contributed by atoms with Crippen LogP contribution in [0.2, 0.25) is 0 Å².